The molecule has 0 radical (unpaired) electrons. The maximum absolute atomic E-state index is 5.18. The molecule has 3 nitrogen and oxygen atoms in total. The van der Waals surface area contributed by atoms with Crippen molar-refractivity contribution in [2.75, 3.05) is 19.6 Å². The van der Waals surface area contributed by atoms with Gasteiger partial charge in [-0.25, -0.2) is 0 Å². The van der Waals surface area contributed by atoms with Crippen LogP contribution in [-0.2, 0) is 12.1 Å². The van der Waals surface area contributed by atoms with Gasteiger partial charge in [-0.1, -0.05) is 30.3 Å². The van der Waals surface area contributed by atoms with Crippen LogP contribution in [0.1, 0.15) is 24.5 Å². The highest BCUT2D eigenvalue weighted by molar-refractivity contribution is 5.24. The Labute approximate surface area is 120 Å². The number of furan rings is 1. The molecule has 3 heteroatoms. The van der Waals surface area contributed by atoms with Crippen molar-refractivity contribution in [2.45, 2.75) is 25.4 Å². The van der Waals surface area contributed by atoms with Gasteiger partial charge in [-0.05, 0) is 38.1 Å². The van der Waals surface area contributed by atoms with Crippen molar-refractivity contribution >= 4 is 0 Å². The lowest BCUT2D eigenvalue weighted by molar-refractivity contribution is 0.213. The van der Waals surface area contributed by atoms with Crippen LogP contribution in [0.25, 0.3) is 0 Å². The first-order valence-electron chi connectivity index (χ1n) is 7.30. The summed E-state index contributed by atoms with van der Waals surface area (Å²) in [4.78, 5) is 2.51. The largest absolute Gasteiger partial charge is 0.472 e. The van der Waals surface area contributed by atoms with E-state index in [2.05, 4.69) is 53.5 Å². The maximum Gasteiger partial charge on any atom is 0.0947 e. The molecule has 0 amide bonds. The zero-order valence-electron chi connectivity index (χ0n) is 12.0. The van der Waals surface area contributed by atoms with Gasteiger partial charge in [0.25, 0.3) is 0 Å². The molecular formula is C17H22N2O. The van der Waals surface area contributed by atoms with Crippen LogP contribution in [0.2, 0.25) is 0 Å². The molecule has 1 aromatic carbocycles. The Morgan fingerprint density at radius 2 is 2.10 bits per heavy atom. The van der Waals surface area contributed by atoms with Gasteiger partial charge in [-0.2, -0.15) is 0 Å². The number of hydrogen-bond acceptors (Lipinski definition) is 3. The van der Waals surface area contributed by atoms with Crippen molar-refractivity contribution in [1.29, 1.82) is 0 Å². The Morgan fingerprint density at radius 1 is 1.25 bits per heavy atom. The summed E-state index contributed by atoms with van der Waals surface area (Å²) in [6.45, 7) is 6.46. The predicted octanol–water partition coefficient (Wildman–Crippen LogP) is 2.99. The number of rotatable bonds is 3. The molecule has 1 aliphatic rings. The van der Waals surface area contributed by atoms with E-state index >= 15 is 0 Å². The van der Waals surface area contributed by atoms with Crippen molar-refractivity contribution in [3.8, 4) is 0 Å². The van der Waals surface area contributed by atoms with E-state index in [1.807, 2.05) is 6.26 Å². The van der Waals surface area contributed by atoms with Crippen LogP contribution in [0.4, 0.5) is 0 Å². The Kier molecular flexibility index (Phi) is 3.90. The quantitative estimate of drug-likeness (QED) is 0.929. The first kappa shape index (κ1) is 13.4. The predicted molar refractivity (Wildman–Crippen MR) is 80.4 cm³/mol. The van der Waals surface area contributed by atoms with Crippen LogP contribution in [-0.4, -0.2) is 24.5 Å². The molecule has 1 N–H and O–H groups in total. The fraction of sp³-hybridized carbons (Fsp3) is 0.412. The van der Waals surface area contributed by atoms with Crippen molar-refractivity contribution < 1.29 is 4.42 Å². The molecule has 1 saturated heterocycles. The number of hydrogen-bond donors (Lipinski definition) is 1. The van der Waals surface area contributed by atoms with Crippen LogP contribution in [0.5, 0.6) is 0 Å². The van der Waals surface area contributed by atoms with Crippen LogP contribution in [0.15, 0.2) is 53.3 Å². The molecule has 1 unspecified atom stereocenters. The topological polar surface area (TPSA) is 28.4 Å². The highest BCUT2D eigenvalue weighted by Crippen LogP contribution is 2.24. The van der Waals surface area contributed by atoms with Crippen LogP contribution in [0, 0.1) is 0 Å². The summed E-state index contributed by atoms with van der Waals surface area (Å²) < 4.78 is 5.18. The van der Waals surface area contributed by atoms with Gasteiger partial charge >= 0.3 is 0 Å². The van der Waals surface area contributed by atoms with Gasteiger partial charge in [-0.3, -0.25) is 4.90 Å². The van der Waals surface area contributed by atoms with Crippen LogP contribution >= 0.6 is 0 Å². The normalized spacial score (nSPS) is 24.4. The highest BCUT2D eigenvalue weighted by Gasteiger charge is 2.30. The summed E-state index contributed by atoms with van der Waals surface area (Å²) in [5.74, 6) is 0. The molecule has 20 heavy (non-hydrogen) atoms. The SMILES string of the molecule is CC1(c2ccccc2)CN(Cc2ccoc2)CCCN1. The molecule has 0 aliphatic carbocycles. The summed E-state index contributed by atoms with van der Waals surface area (Å²) in [5, 5.41) is 3.72. The molecule has 1 atom stereocenters. The van der Waals surface area contributed by atoms with Gasteiger partial charge in [0.05, 0.1) is 18.1 Å². The first-order valence-corrected chi connectivity index (χ1v) is 7.30. The summed E-state index contributed by atoms with van der Waals surface area (Å²) in [5.41, 5.74) is 2.63. The van der Waals surface area contributed by atoms with E-state index in [0.29, 0.717) is 0 Å². The van der Waals surface area contributed by atoms with Gasteiger partial charge in [0, 0.05) is 18.7 Å². The van der Waals surface area contributed by atoms with Crippen molar-refractivity contribution in [1.82, 2.24) is 10.2 Å². The Bertz CT molecular complexity index is 523. The van der Waals surface area contributed by atoms with Crippen LogP contribution in [0.3, 0.4) is 0 Å². The lowest BCUT2D eigenvalue weighted by atomic mass is 9.91. The van der Waals surface area contributed by atoms with Crippen molar-refractivity contribution in [2.24, 2.45) is 0 Å². The van der Waals surface area contributed by atoms with Gasteiger partial charge in [-0.15, -0.1) is 0 Å². The lowest BCUT2D eigenvalue weighted by Crippen LogP contribution is -2.46. The van der Waals surface area contributed by atoms with E-state index in [-0.39, 0.29) is 5.54 Å². The smallest absolute Gasteiger partial charge is 0.0947 e. The van der Waals surface area contributed by atoms with E-state index in [4.69, 9.17) is 4.42 Å². The number of nitrogens with one attached hydrogen (secondary N) is 1. The number of benzene rings is 1. The average molecular weight is 270 g/mol. The highest BCUT2D eigenvalue weighted by atomic mass is 16.3. The minimum atomic E-state index is 0.0154. The third-order valence-corrected chi connectivity index (χ3v) is 4.10. The summed E-state index contributed by atoms with van der Waals surface area (Å²) in [6.07, 6.45) is 4.78. The van der Waals surface area contributed by atoms with E-state index < -0.39 is 0 Å². The molecule has 1 fully saturated rings. The molecule has 2 aromatic rings. The molecule has 0 saturated carbocycles. The zero-order valence-corrected chi connectivity index (χ0v) is 12.0. The summed E-state index contributed by atoms with van der Waals surface area (Å²) in [6, 6.07) is 12.8. The van der Waals surface area contributed by atoms with E-state index in [1.165, 1.54) is 17.5 Å². The second-order valence-electron chi connectivity index (χ2n) is 5.82. The Hall–Kier alpha value is -1.58. The second-order valence-corrected chi connectivity index (χ2v) is 5.82. The van der Waals surface area contributed by atoms with E-state index in [0.717, 1.165) is 26.2 Å². The monoisotopic (exact) mass is 270 g/mol. The van der Waals surface area contributed by atoms with Gasteiger partial charge < -0.3 is 9.73 Å². The van der Waals surface area contributed by atoms with E-state index in [9.17, 15) is 0 Å². The summed E-state index contributed by atoms with van der Waals surface area (Å²) in [7, 11) is 0. The van der Waals surface area contributed by atoms with E-state index in [1.54, 1.807) is 6.26 Å². The van der Waals surface area contributed by atoms with Crippen molar-refractivity contribution in [3.05, 3.63) is 60.1 Å². The molecule has 0 bridgehead atoms. The lowest BCUT2D eigenvalue weighted by Gasteiger charge is -2.34. The molecule has 106 valence electrons. The minimum Gasteiger partial charge on any atom is -0.472 e. The van der Waals surface area contributed by atoms with Crippen LogP contribution < -0.4 is 5.32 Å². The van der Waals surface area contributed by atoms with Gasteiger partial charge in [0.1, 0.15) is 0 Å². The zero-order chi connectivity index (χ0) is 13.8. The second kappa shape index (κ2) is 5.81. The summed E-state index contributed by atoms with van der Waals surface area (Å²) >= 11 is 0. The average Bonchev–Trinajstić information content (AvgIpc) is 2.90. The minimum absolute atomic E-state index is 0.0154. The third-order valence-electron chi connectivity index (χ3n) is 4.10. The van der Waals surface area contributed by atoms with Gasteiger partial charge in [0.2, 0.25) is 0 Å². The van der Waals surface area contributed by atoms with Crippen molar-refractivity contribution in [3.63, 3.8) is 0 Å². The molecule has 1 aliphatic heterocycles. The third kappa shape index (κ3) is 2.94. The fourth-order valence-corrected chi connectivity index (χ4v) is 3.02. The fourth-order valence-electron chi connectivity index (χ4n) is 3.02. The molecular weight excluding hydrogens is 248 g/mol. The molecule has 2 heterocycles. The first-order chi connectivity index (χ1) is 9.76. The number of nitrogens with zero attached hydrogens (tertiary/aromatic N) is 1. The Morgan fingerprint density at radius 3 is 2.85 bits per heavy atom. The molecule has 0 spiro atoms. The standard InChI is InChI=1S/C17H22N2O/c1-17(16-6-3-2-4-7-16)14-19(10-5-9-18-17)12-15-8-11-20-13-15/h2-4,6-8,11,13,18H,5,9-10,12,14H2,1H3. The molecule has 1 aromatic heterocycles. The maximum atomic E-state index is 5.18. The molecule has 3 rings (SSSR count). The van der Waals surface area contributed by atoms with Gasteiger partial charge in [0.15, 0.2) is 0 Å². The Balaban J connectivity index is 1.78.